The van der Waals surface area contributed by atoms with Crippen LogP contribution >= 0.6 is 0 Å². The number of hydrogen-bond donors (Lipinski definition) is 2. The molecule has 2 aliphatic rings. The molecule has 1 amide bonds. The second kappa shape index (κ2) is 8.33. The van der Waals surface area contributed by atoms with Crippen molar-refractivity contribution in [3.05, 3.63) is 58.1 Å². The van der Waals surface area contributed by atoms with Crippen molar-refractivity contribution in [3.8, 4) is 0 Å². The number of fused-ring (bicyclic) bond motifs is 2. The van der Waals surface area contributed by atoms with Gasteiger partial charge in [-0.2, -0.15) is 0 Å². The number of ether oxygens (including phenoxy) is 1. The minimum Gasteiger partial charge on any atom is -0.457 e. The van der Waals surface area contributed by atoms with Gasteiger partial charge in [-0.1, -0.05) is 6.07 Å². The first-order valence-corrected chi connectivity index (χ1v) is 10.7. The van der Waals surface area contributed by atoms with Crippen LogP contribution in [-0.2, 0) is 11.3 Å². The van der Waals surface area contributed by atoms with Crippen LogP contribution in [0.4, 0.5) is 0 Å². The minimum absolute atomic E-state index is 0.154. The van der Waals surface area contributed by atoms with E-state index in [0.29, 0.717) is 41.2 Å². The Labute approximate surface area is 184 Å². The number of amides is 1. The molecule has 1 fully saturated rings. The number of β-amino-alcohol motifs (C(OH)–C–C–N with tert-alkyl or cyclic N) is 1. The maximum Gasteiger partial charge on any atom is 0.338 e. The number of aliphatic hydroxyl groups is 1. The Kier molecular flexibility index (Phi) is 5.36. The highest BCUT2D eigenvalue weighted by Crippen LogP contribution is 2.30. The van der Waals surface area contributed by atoms with Crippen LogP contribution in [0.25, 0.3) is 11.0 Å². The van der Waals surface area contributed by atoms with Crippen molar-refractivity contribution >= 4 is 22.9 Å². The van der Waals surface area contributed by atoms with E-state index in [1.165, 1.54) is 0 Å². The average molecular weight is 436 g/mol. The molecular formula is C23H24N4O5. The van der Waals surface area contributed by atoms with E-state index >= 15 is 0 Å². The molecule has 3 aromatic rings. The van der Waals surface area contributed by atoms with Crippen molar-refractivity contribution < 1.29 is 24.1 Å². The number of carbonyl (C=O) groups is 2. The Balaban J connectivity index is 1.15. The molecule has 0 aliphatic carbocycles. The number of hydrogen-bond acceptors (Lipinski definition) is 8. The molecule has 0 spiro atoms. The van der Waals surface area contributed by atoms with Crippen LogP contribution in [0.5, 0.6) is 0 Å². The van der Waals surface area contributed by atoms with Crippen molar-refractivity contribution in [1.82, 2.24) is 20.5 Å². The maximum absolute atomic E-state index is 12.5. The highest BCUT2D eigenvalue weighted by atomic mass is 16.6. The first-order valence-electron chi connectivity index (χ1n) is 10.7. The third-order valence-electron chi connectivity index (χ3n) is 6.44. The van der Waals surface area contributed by atoms with Crippen LogP contribution in [0.3, 0.4) is 0 Å². The summed E-state index contributed by atoms with van der Waals surface area (Å²) in [6.45, 7) is 4.93. The van der Waals surface area contributed by atoms with Crippen LogP contribution in [-0.4, -0.2) is 58.4 Å². The van der Waals surface area contributed by atoms with Gasteiger partial charge in [0, 0.05) is 30.8 Å². The largest absolute Gasteiger partial charge is 0.457 e. The van der Waals surface area contributed by atoms with Crippen molar-refractivity contribution in [3.63, 3.8) is 0 Å². The Morgan fingerprint density at radius 3 is 3.00 bits per heavy atom. The lowest BCUT2D eigenvalue weighted by molar-refractivity contribution is 0.0534. The highest BCUT2D eigenvalue weighted by molar-refractivity contribution is 5.97. The van der Waals surface area contributed by atoms with Crippen molar-refractivity contribution in [1.29, 1.82) is 0 Å². The molecule has 0 saturated carbocycles. The van der Waals surface area contributed by atoms with Gasteiger partial charge in [-0.05, 0) is 71.5 Å². The van der Waals surface area contributed by atoms with Gasteiger partial charge in [-0.15, -0.1) is 0 Å². The molecule has 2 N–H and O–H groups in total. The Morgan fingerprint density at radius 1 is 1.28 bits per heavy atom. The smallest absolute Gasteiger partial charge is 0.338 e. The van der Waals surface area contributed by atoms with Crippen molar-refractivity contribution in [2.75, 3.05) is 26.2 Å². The summed E-state index contributed by atoms with van der Waals surface area (Å²) >= 11 is 0. The molecule has 5 rings (SSSR count). The lowest BCUT2D eigenvalue weighted by atomic mass is 9.95. The van der Waals surface area contributed by atoms with Crippen LogP contribution < -0.4 is 5.32 Å². The summed E-state index contributed by atoms with van der Waals surface area (Å²) in [6, 6.07) is 8.64. The molecule has 2 atom stereocenters. The van der Waals surface area contributed by atoms with E-state index in [9.17, 15) is 14.7 Å². The van der Waals surface area contributed by atoms with E-state index in [0.717, 1.165) is 36.2 Å². The average Bonchev–Trinajstić information content (AvgIpc) is 3.52. The summed E-state index contributed by atoms with van der Waals surface area (Å²) in [5.41, 5.74) is 4.90. The molecule has 9 nitrogen and oxygen atoms in total. The van der Waals surface area contributed by atoms with Crippen molar-refractivity contribution in [2.45, 2.75) is 26.1 Å². The summed E-state index contributed by atoms with van der Waals surface area (Å²) in [5.74, 6) is -0.138. The molecule has 9 heteroatoms. The number of esters is 1. The van der Waals surface area contributed by atoms with Crippen LogP contribution in [0, 0.1) is 12.8 Å². The van der Waals surface area contributed by atoms with Gasteiger partial charge in [-0.3, -0.25) is 4.79 Å². The SMILES string of the molecule is Cc1c([C@@H](O)CN2CCC(CNC(=O)c3ccc4nonc4c3)C2)ccc2c1COC2=O. The molecule has 32 heavy (non-hydrogen) atoms. The molecule has 1 saturated heterocycles. The van der Waals surface area contributed by atoms with Gasteiger partial charge in [0.15, 0.2) is 0 Å². The summed E-state index contributed by atoms with van der Waals surface area (Å²) in [6.07, 6.45) is 0.303. The van der Waals surface area contributed by atoms with Gasteiger partial charge < -0.3 is 20.1 Å². The number of benzene rings is 2. The van der Waals surface area contributed by atoms with Crippen LogP contribution in [0.2, 0.25) is 0 Å². The molecular weight excluding hydrogens is 412 g/mol. The first-order chi connectivity index (χ1) is 15.5. The summed E-state index contributed by atoms with van der Waals surface area (Å²) in [4.78, 5) is 26.4. The normalized spacial score (nSPS) is 19.2. The van der Waals surface area contributed by atoms with Crippen molar-refractivity contribution in [2.24, 2.45) is 5.92 Å². The molecule has 2 aliphatic heterocycles. The molecule has 166 valence electrons. The zero-order chi connectivity index (χ0) is 22.2. The molecule has 1 unspecified atom stereocenters. The molecule has 1 aromatic heterocycles. The lowest BCUT2D eigenvalue weighted by Crippen LogP contribution is -2.32. The fourth-order valence-electron chi connectivity index (χ4n) is 4.58. The van der Waals surface area contributed by atoms with Crippen LogP contribution in [0.1, 0.15) is 49.9 Å². The van der Waals surface area contributed by atoms with Gasteiger partial charge in [0.2, 0.25) is 0 Å². The summed E-state index contributed by atoms with van der Waals surface area (Å²) in [7, 11) is 0. The van der Waals surface area contributed by atoms with Gasteiger partial charge >= 0.3 is 5.97 Å². The summed E-state index contributed by atoms with van der Waals surface area (Å²) < 4.78 is 9.78. The molecule has 2 aromatic carbocycles. The van der Waals surface area contributed by atoms with E-state index in [2.05, 4.69) is 25.2 Å². The fourth-order valence-corrected chi connectivity index (χ4v) is 4.58. The lowest BCUT2D eigenvalue weighted by Gasteiger charge is -2.22. The quantitative estimate of drug-likeness (QED) is 0.564. The Hall–Kier alpha value is -3.30. The molecule has 0 radical (unpaired) electrons. The predicted octanol–water partition coefficient (Wildman–Crippen LogP) is 1.99. The monoisotopic (exact) mass is 436 g/mol. The first kappa shape index (κ1) is 20.6. The molecule has 0 bridgehead atoms. The number of aliphatic hydroxyl groups excluding tert-OH is 1. The standard InChI is InChI=1S/C23H24N4O5/c1-13-16(3-4-17-18(13)12-31-23(17)30)21(28)11-27-7-6-14(10-27)9-24-22(29)15-2-5-19-20(8-15)26-32-25-19/h2-5,8,14,21,28H,6-7,9-12H2,1H3,(H,24,29)/t14?,21-/m0/s1. The van der Waals surface area contributed by atoms with E-state index in [4.69, 9.17) is 4.74 Å². The zero-order valence-corrected chi connectivity index (χ0v) is 17.7. The molecule has 3 heterocycles. The third kappa shape index (κ3) is 3.85. The minimum atomic E-state index is -0.646. The predicted molar refractivity (Wildman–Crippen MR) is 114 cm³/mol. The van der Waals surface area contributed by atoms with Gasteiger partial charge in [0.05, 0.1) is 11.7 Å². The van der Waals surface area contributed by atoms with E-state index in [1.807, 2.05) is 13.0 Å². The fraction of sp³-hybridized carbons (Fsp3) is 0.391. The number of cyclic esters (lactones) is 1. The van der Waals surface area contributed by atoms with E-state index in [1.54, 1.807) is 24.3 Å². The highest BCUT2D eigenvalue weighted by Gasteiger charge is 2.28. The van der Waals surface area contributed by atoms with Gasteiger partial charge in [0.1, 0.15) is 17.6 Å². The zero-order valence-electron chi connectivity index (χ0n) is 17.7. The third-order valence-corrected chi connectivity index (χ3v) is 6.44. The van der Waals surface area contributed by atoms with Gasteiger partial charge in [-0.25, -0.2) is 9.42 Å². The van der Waals surface area contributed by atoms with Crippen LogP contribution in [0.15, 0.2) is 35.0 Å². The van der Waals surface area contributed by atoms with E-state index < -0.39 is 6.10 Å². The number of nitrogens with zero attached hydrogens (tertiary/aromatic N) is 3. The second-order valence-electron chi connectivity index (χ2n) is 8.49. The topological polar surface area (TPSA) is 118 Å². The van der Waals surface area contributed by atoms with E-state index in [-0.39, 0.29) is 18.5 Å². The summed E-state index contributed by atoms with van der Waals surface area (Å²) in [5, 5.41) is 21.3. The maximum atomic E-state index is 12.5. The number of nitrogens with one attached hydrogen (secondary N) is 1. The number of carbonyl (C=O) groups excluding carboxylic acids is 2. The number of rotatable bonds is 6. The number of aromatic nitrogens is 2. The number of likely N-dealkylation sites (tertiary alicyclic amines) is 1. The second-order valence-corrected chi connectivity index (χ2v) is 8.49. The van der Waals surface area contributed by atoms with Gasteiger partial charge in [0.25, 0.3) is 5.91 Å². The Bertz CT molecular complexity index is 1190. The Morgan fingerprint density at radius 2 is 2.12 bits per heavy atom.